The summed E-state index contributed by atoms with van der Waals surface area (Å²) in [6.45, 7) is 4.02. The van der Waals surface area contributed by atoms with Crippen LogP contribution in [0.3, 0.4) is 0 Å². The van der Waals surface area contributed by atoms with E-state index in [2.05, 4.69) is 23.6 Å². The topological polar surface area (TPSA) is 41.1 Å². The fourth-order valence-electron chi connectivity index (χ4n) is 3.78. The SMILES string of the molecule is C[C@H](NC(=O)c1cccc2c1CCNC2)C1CCCCC1. The number of hydrogen-bond acceptors (Lipinski definition) is 2. The van der Waals surface area contributed by atoms with Gasteiger partial charge >= 0.3 is 0 Å². The maximum Gasteiger partial charge on any atom is 0.251 e. The Morgan fingerprint density at radius 2 is 2.10 bits per heavy atom. The molecule has 1 heterocycles. The lowest BCUT2D eigenvalue weighted by Gasteiger charge is -2.29. The Balaban J connectivity index is 1.70. The van der Waals surface area contributed by atoms with E-state index in [4.69, 9.17) is 0 Å². The van der Waals surface area contributed by atoms with Crippen LogP contribution < -0.4 is 10.6 Å². The molecular formula is C18H26N2O. The summed E-state index contributed by atoms with van der Waals surface area (Å²) in [4.78, 5) is 12.6. The largest absolute Gasteiger partial charge is 0.349 e. The number of hydrogen-bond donors (Lipinski definition) is 2. The van der Waals surface area contributed by atoms with Crippen molar-refractivity contribution in [1.29, 1.82) is 0 Å². The van der Waals surface area contributed by atoms with E-state index in [1.54, 1.807) is 0 Å². The first-order valence-corrected chi connectivity index (χ1v) is 8.38. The first kappa shape index (κ1) is 14.6. The van der Waals surface area contributed by atoms with Gasteiger partial charge in [0.15, 0.2) is 0 Å². The molecule has 3 nitrogen and oxygen atoms in total. The van der Waals surface area contributed by atoms with Crippen LogP contribution in [0.2, 0.25) is 0 Å². The summed E-state index contributed by atoms with van der Waals surface area (Å²) in [6.07, 6.45) is 7.47. The predicted octanol–water partition coefficient (Wildman–Crippen LogP) is 3.03. The number of carbonyl (C=O) groups is 1. The Hall–Kier alpha value is -1.35. The molecule has 1 amide bonds. The van der Waals surface area contributed by atoms with Crippen LogP contribution in [0.5, 0.6) is 0 Å². The average molecular weight is 286 g/mol. The Morgan fingerprint density at radius 1 is 1.29 bits per heavy atom. The van der Waals surface area contributed by atoms with Crippen molar-refractivity contribution in [3.63, 3.8) is 0 Å². The smallest absolute Gasteiger partial charge is 0.251 e. The number of nitrogens with one attached hydrogen (secondary N) is 2. The lowest BCUT2D eigenvalue weighted by Crippen LogP contribution is -2.39. The Bertz CT molecular complexity index is 506. The third-order valence-corrected chi connectivity index (χ3v) is 5.10. The molecule has 3 heteroatoms. The van der Waals surface area contributed by atoms with Gasteiger partial charge in [-0.15, -0.1) is 0 Å². The molecule has 3 rings (SSSR count). The number of benzene rings is 1. The summed E-state index contributed by atoms with van der Waals surface area (Å²) in [6, 6.07) is 6.40. The van der Waals surface area contributed by atoms with Gasteiger partial charge < -0.3 is 10.6 Å². The minimum absolute atomic E-state index is 0.117. The molecule has 1 atom stereocenters. The standard InChI is InChI=1S/C18H26N2O/c1-13(14-6-3-2-4-7-14)20-18(21)17-9-5-8-15-12-19-11-10-16(15)17/h5,8-9,13-14,19H,2-4,6-7,10-12H2,1H3,(H,20,21)/t13-/m0/s1. The van der Waals surface area contributed by atoms with E-state index in [0.717, 1.165) is 25.1 Å². The maximum atomic E-state index is 12.6. The van der Waals surface area contributed by atoms with Gasteiger partial charge in [0.2, 0.25) is 0 Å². The van der Waals surface area contributed by atoms with E-state index in [0.29, 0.717) is 5.92 Å². The van der Waals surface area contributed by atoms with Crippen LogP contribution in [-0.2, 0) is 13.0 Å². The van der Waals surface area contributed by atoms with E-state index >= 15 is 0 Å². The van der Waals surface area contributed by atoms with E-state index < -0.39 is 0 Å². The Labute approximate surface area is 127 Å². The van der Waals surface area contributed by atoms with E-state index in [1.807, 2.05) is 12.1 Å². The zero-order valence-corrected chi connectivity index (χ0v) is 13.0. The van der Waals surface area contributed by atoms with Crippen LogP contribution in [0.25, 0.3) is 0 Å². The second-order valence-electron chi connectivity index (χ2n) is 6.53. The Morgan fingerprint density at radius 3 is 2.90 bits per heavy atom. The van der Waals surface area contributed by atoms with Crippen molar-refractivity contribution in [2.45, 2.75) is 58.0 Å². The van der Waals surface area contributed by atoms with Gasteiger partial charge in [0.1, 0.15) is 0 Å². The molecule has 0 spiro atoms. The monoisotopic (exact) mass is 286 g/mol. The highest BCUT2D eigenvalue weighted by Crippen LogP contribution is 2.27. The molecule has 0 radical (unpaired) electrons. The van der Waals surface area contributed by atoms with Gasteiger partial charge in [-0.3, -0.25) is 4.79 Å². The van der Waals surface area contributed by atoms with Gasteiger partial charge in [0.25, 0.3) is 5.91 Å². The van der Waals surface area contributed by atoms with Crippen molar-refractivity contribution in [3.05, 3.63) is 34.9 Å². The molecule has 1 aliphatic carbocycles. The van der Waals surface area contributed by atoms with Crippen molar-refractivity contribution in [1.82, 2.24) is 10.6 Å². The zero-order valence-electron chi connectivity index (χ0n) is 13.0. The van der Waals surface area contributed by atoms with Gasteiger partial charge in [-0.1, -0.05) is 31.4 Å². The van der Waals surface area contributed by atoms with Crippen LogP contribution in [-0.4, -0.2) is 18.5 Å². The minimum atomic E-state index is 0.117. The highest BCUT2D eigenvalue weighted by atomic mass is 16.1. The van der Waals surface area contributed by atoms with E-state index in [9.17, 15) is 4.79 Å². The highest BCUT2D eigenvalue weighted by Gasteiger charge is 2.23. The molecule has 114 valence electrons. The summed E-state index contributed by atoms with van der Waals surface area (Å²) in [5, 5.41) is 6.62. The average Bonchev–Trinajstić information content (AvgIpc) is 2.55. The molecule has 1 aromatic rings. The summed E-state index contributed by atoms with van der Waals surface area (Å²) in [7, 11) is 0. The van der Waals surface area contributed by atoms with Gasteiger partial charge in [-0.2, -0.15) is 0 Å². The van der Waals surface area contributed by atoms with Crippen molar-refractivity contribution in [2.75, 3.05) is 6.54 Å². The summed E-state index contributed by atoms with van der Waals surface area (Å²) < 4.78 is 0. The highest BCUT2D eigenvalue weighted by molar-refractivity contribution is 5.96. The molecular weight excluding hydrogens is 260 g/mol. The molecule has 1 saturated carbocycles. The second kappa shape index (κ2) is 6.61. The molecule has 1 fully saturated rings. The van der Waals surface area contributed by atoms with Crippen LogP contribution in [0.15, 0.2) is 18.2 Å². The normalized spacial score (nSPS) is 20.6. The second-order valence-corrected chi connectivity index (χ2v) is 6.53. The molecule has 0 bridgehead atoms. The molecule has 21 heavy (non-hydrogen) atoms. The van der Waals surface area contributed by atoms with Crippen LogP contribution in [0.4, 0.5) is 0 Å². The molecule has 2 N–H and O–H groups in total. The van der Waals surface area contributed by atoms with E-state index in [-0.39, 0.29) is 11.9 Å². The molecule has 0 aromatic heterocycles. The molecule has 1 aliphatic heterocycles. The molecule has 2 aliphatic rings. The number of fused-ring (bicyclic) bond motifs is 1. The zero-order chi connectivity index (χ0) is 14.7. The third-order valence-electron chi connectivity index (χ3n) is 5.10. The third kappa shape index (κ3) is 3.29. The quantitative estimate of drug-likeness (QED) is 0.896. The van der Waals surface area contributed by atoms with Crippen molar-refractivity contribution in [3.8, 4) is 0 Å². The summed E-state index contributed by atoms with van der Waals surface area (Å²) in [5.41, 5.74) is 3.40. The van der Waals surface area contributed by atoms with E-state index in [1.165, 1.54) is 43.2 Å². The van der Waals surface area contributed by atoms with Gasteiger partial charge in [-0.25, -0.2) is 0 Å². The molecule has 0 unspecified atom stereocenters. The fraction of sp³-hybridized carbons (Fsp3) is 0.611. The molecule has 1 aromatic carbocycles. The lowest BCUT2D eigenvalue weighted by atomic mass is 9.84. The van der Waals surface area contributed by atoms with Gasteiger partial charge in [0.05, 0.1) is 0 Å². The Kier molecular flexibility index (Phi) is 4.59. The minimum Gasteiger partial charge on any atom is -0.349 e. The number of rotatable bonds is 3. The number of carbonyl (C=O) groups excluding carboxylic acids is 1. The summed E-state index contributed by atoms with van der Waals surface area (Å²) >= 11 is 0. The molecule has 0 saturated heterocycles. The predicted molar refractivity (Wildman–Crippen MR) is 85.4 cm³/mol. The van der Waals surface area contributed by atoms with Gasteiger partial charge in [0, 0.05) is 18.2 Å². The van der Waals surface area contributed by atoms with Crippen LogP contribution >= 0.6 is 0 Å². The van der Waals surface area contributed by atoms with Crippen molar-refractivity contribution < 1.29 is 4.79 Å². The maximum absolute atomic E-state index is 12.6. The van der Waals surface area contributed by atoms with Crippen LogP contribution in [0.1, 0.15) is 60.5 Å². The van der Waals surface area contributed by atoms with Crippen molar-refractivity contribution >= 4 is 5.91 Å². The first-order chi connectivity index (χ1) is 10.3. The summed E-state index contributed by atoms with van der Waals surface area (Å²) in [5.74, 6) is 0.774. The van der Waals surface area contributed by atoms with Gasteiger partial charge in [-0.05, 0) is 55.8 Å². The van der Waals surface area contributed by atoms with Crippen molar-refractivity contribution in [2.24, 2.45) is 5.92 Å². The fourth-order valence-corrected chi connectivity index (χ4v) is 3.78. The van der Waals surface area contributed by atoms with Crippen LogP contribution in [0, 0.1) is 5.92 Å². The lowest BCUT2D eigenvalue weighted by molar-refractivity contribution is 0.0918. The first-order valence-electron chi connectivity index (χ1n) is 8.38. The number of amides is 1.